The van der Waals surface area contributed by atoms with Crippen molar-refractivity contribution in [3.8, 4) is 0 Å². The standard InChI is InChI=1S/C10H16F3N3/c1-6(2)7(3)5-16-8(4)14-15-9(16)10(11,12)13/h6-7H,5H2,1-4H3. The molecular weight excluding hydrogens is 219 g/mol. The highest BCUT2D eigenvalue weighted by atomic mass is 19.4. The maximum absolute atomic E-state index is 12.6. The summed E-state index contributed by atoms with van der Waals surface area (Å²) < 4.78 is 38.9. The van der Waals surface area contributed by atoms with Crippen LogP contribution in [-0.4, -0.2) is 14.8 Å². The Morgan fingerprint density at radius 2 is 1.75 bits per heavy atom. The Balaban J connectivity index is 2.99. The van der Waals surface area contributed by atoms with Gasteiger partial charge in [-0.2, -0.15) is 13.2 Å². The van der Waals surface area contributed by atoms with Crippen molar-refractivity contribution in [1.29, 1.82) is 0 Å². The zero-order valence-corrected chi connectivity index (χ0v) is 9.84. The fourth-order valence-electron chi connectivity index (χ4n) is 1.31. The molecule has 16 heavy (non-hydrogen) atoms. The molecule has 1 aromatic heterocycles. The highest BCUT2D eigenvalue weighted by Crippen LogP contribution is 2.29. The van der Waals surface area contributed by atoms with Gasteiger partial charge >= 0.3 is 6.18 Å². The number of alkyl halides is 3. The largest absolute Gasteiger partial charge is 0.451 e. The molecule has 92 valence electrons. The van der Waals surface area contributed by atoms with E-state index in [1.165, 1.54) is 6.92 Å². The van der Waals surface area contributed by atoms with Crippen LogP contribution in [0.5, 0.6) is 0 Å². The molecular formula is C10H16F3N3. The SMILES string of the molecule is Cc1nnc(C(F)(F)F)n1CC(C)C(C)C. The lowest BCUT2D eigenvalue weighted by molar-refractivity contribution is -0.147. The predicted molar refractivity (Wildman–Crippen MR) is 53.8 cm³/mol. The molecule has 0 bridgehead atoms. The van der Waals surface area contributed by atoms with Gasteiger partial charge in [0.1, 0.15) is 5.82 Å². The van der Waals surface area contributed by atoms with Crippen LogP contribution >= 0.6 is 0 Å². The van der Waals surface area contributed by atoms with Crippen LogP contribution in [0.25, 0.3) is 0 Å². The van der Waals surface area contributed by atoms with E-state index in [1.807, 2.05) is 20.8 Å². The molecule has 0 aliphatic rings. The van der Waals surface area contributed by atoms with Crippen molar-refractivity contribution in [2.75, 3.05) is 0 Å². The molecule has 0 fully saturated rings. The summed E-state index contributed by atoms with van der Waals surface area (Å²) in [6.07, 6.45) is -4.43. The lowest BCUT2D eigenvalue weighted by atomic mass is 9.98. The monoisotopic (exact) mass is 235 g/mol. The number of aromatic nitrogens is 3. The first-order chi connectivity index (χ1) is 7.23. The van der Waals surface area contributed by atoms with Crippen molar-refractivity contribution in [2.45, 2.75) is 40.4 Å². The zero-order valence-electron chi connectivity index (χ0n) is 9.84. The van der Waals surface area contributed by atoms with Crippen LogP contribution in [-0.2, 0) is 12.7 Å². The Hall–Kier alpha value is -1.07. The van der Waals surface area contributed by atoms with E-state index < -0.39 is 12.0 Å². The normalized spacial score (nSPS) is 14.5. The van der Waals surface area contributed by atoms with Crippen molar-refractivity contribution in [3.05, 3.63) is 11.6 Å². The molecule has 0 amide bonds. The van der Waals surface area contributed by atoms with Crippen molar-refractivity contribution in [3.63, 3.8) is 0 Å². The molecule has 0 aromatic carbocycles. The zero-order chi connectivity index (χ0) is 12.5. The Labute approximate surface area is 92.7 Å². The number of halogens is 3. The quantitative estimate of drug-likeness (QED) is 0.806. The third-order valence-electron chi connectivity index (χ3n) is 2.80. The highest BCUT2D eigenvalue weighted by Gasteiger charge is 2.38. The van der Waals surface area contributed by atoms with E-state index in [9.17, 15) is 13.2 Å². The van der Waals surface area contributed by atoms with E-state index in [-0.39, 0.29) is 5.92 Å². The molecule has 0 saturated heterocycles. The van der Waals surface area contributed by atoms with Gasteiger partial charge in [-0.25, -0.2) is 0 Å². The lowest BCUT2D eigenvalue weighted by Gasteiger charge is -2.18. The van der Waals surface area contributed by atoms with Crippen molar-refractivity contribution in [2.24, 2.45) is 11.8 Å². The molecule has 6 heteroatoms. The van der Waals surface area contributed by atoms with Crippen LogP contribution in [0.1, 0.15) is 32.4 Å². The molecule has 1 aromatic rings. The topological polar surface area (TPSA) is 30.7 Å². The summed E-state index contributed by atoms with van der Waals surface area (Å²) in [5.74, 6) is -0.129. The first-order valence-corrected chi connectivity index (χ1v) is 5.20. The van der Waals surface area contributed by atoms with Crippen LogP contribution in [0.2, 0.25) is 0 Å². The van der Waals surface area contributed by atoms with Gasteiger partial charge in [0, 0.05) is 6.54 Å². The fourth-order valence-corrected chi connectivity index (χ4v) is 1.31. The van der Waals surface area contributed by atoms with Crippen LogP contribution in [0.15, 0.2) is 0 Å². The maximum Gasteiger partial charge on any atom is 0.451 e. The van der Waals surface area contributed by atoms with E-state index in [0.29, 0.717) is 18.3 Å². The number of rotatable bonds is 3. The summed E-state index contributed by atoms with van der Waals surface area (Å²) in [6.45, 7) is 7.72. The van der Waals surface area contributed by atoms with Gasteiger partial charge in [0.2, 0.25) is 5.82 Å². The van der Waals surface area contributed by atoms with Crippen LogP contribution < -0.4 is 0 Å². The Morgan fingerprint density at radius 1 is 1.19 bits per heavy atom. The van der Waals surface area contributed by atoms with Crippen molar-refractivity contribution in [1.82, 2.24) is 14.8 Å². The van der Waals surface area contributed by atoms with E-state index in [4.69, 9.17) is 0 Å². The van der Waals surface area contributed by atoms with Crippen LogP contribution in [0.3, 0.4) is 0 Å². The average molecular weight is 235 g/mol. The minimum atomic E-state index is -4.43. The first-order valence-electron chi connectivity index (χ1n) is 5.20. The van der Waals surface area contributed by atoms with Crippen molar-refractivity contribution < 1.29 is 13.2 Å². The molecule has 1 rings (SSSR count). The average Bonchev–Trinajstić information content (AvgIpc) is 2.47. The molecule has 0 radical (unpaired) electrons. The highest BCUT2D eigenvalue weighted by molar-refractivity contribution is 4.98. The molecule has 1 heterocycles. The lowest BCUT2D eigenvalue weighted by Crippen LogP contribution is -2.21. The number of hydrogen-bond acceptors (Lipinski definition) is 2. The summed E-state index contributed by atoms with van der Waals surface area (Å²) >= 11 is 0. The Morgan fingerprint density at radius 3 is 2.19 bits per heavy atom. The Bertz CT molecular complexity index is 355. The second-order valence-corrected chi connectivity index (χ2v) is 4.40. The number of hydrogen-bond donors (Lipinski definition) is 0. The van der Waals surface area contributed by atoms with Gasteiger partial charge in [-0.15, -0.1) is 10.2 Å². The molecule has 1 atom stereocenters. The first kappa shape index (κ1) is 13.0. The van der Waals surface area contributed by atoms with Crippen molar-refractivity contribution >= 4 is 0 Å². The molecule has 0 aliphatic heterocycles. The molecule has 0 aliphatic carbocycles. The number of nitrogens with zero attached hydrogens (tertiary/aromatic N) is 3. The molecule has 3 nitrogen and oxygen atoms in total. The second kappa shape index (κ2) is 4.43. The molecule has 0 N–H and O–H groups in total. The predicted octanol–water partition coefficient (Wildman–Crippen LogP) is 2.90. The van der Waals surface area contributed by atoms with E-state index in [1.54, 1.807) is 0 Å². The molecule has 0 spiro atoms. The third-order valence-corrected chi connectivity index (χ3v) is 2.80. The number of aryl methyl sites for hydroxylation is 1. The van der Waals surface area contributed by atoms with Gasteiger partial charge in [0.25, 0.3) is 0 Å². The van der Waals surface area contributed by atoms with Gasteiger partial charge in [-0.1, -0.05) is 20.8 Å². The smallest absolute Gasteiger partial charge is 0.307 e. The molecule has 0 saturated carbocycles. The maximum atomic E-state index is 12.6. The van der Waals surface area contributed by atoms with E-state index in [2.05, 4.69) is 10.2 Å². The van der Waals surface area contributed by atoms with Gasteiger partial charge in [-0.05, 0) is 18.8 Å². The summed E-state index contributed by atoms with van der Waals surface area (Å²) in [6, 6.07) is 0. The van der Waals surface area contributed by atoms with Gasteiger partial charge in [0.15, 0.2) is 0 Å². The third kappa shape index (κ3) is 2.74. The minimum absolute atomic E-state index is 0.149. The van der Waals surface area contributed by atoms with Gasteiger partial charge in [0.05, 0.1) is 0 Å². The van der Waals surface area contributed by atoms with E-state index >= 15 is 0 Å². The van der Waals surface area contributed by atoms with Crippen LogP contribution in [0, 0.1) is 18.8 Å². The van der Waals surface area contributed by atoms with Gasteiger partial charge < -0.3 is 4.57 Å². The summed E-state index contributed by atoms with van der Waals surface area (Å²) in [5.41, 5.74) is 0. The summed E-state index contributed by atoms with van der Waals surface area (Å²) in [5, 5.41) is 6.68. The summed E-state index contributed by atoms with van der Waals surface area (Å²) in [4.78, 5) is 0. The van der Waals surface area contributed by atoms with Crippen LogP contribution in [0.4, 0.5) is 13.2 Å². The van der Waals surface area contributed by atoms with Gasteiger partial charge in [-0.3, -0.25) is 0 Å². The summed E-state index contributed by atoms with van der Waals surface area (Å²) in [7, 11) is 0. The molecule has 1 unspecified atom stereocenters. The van der Waals surface area contributed by atoms with E-state index in [0.717, 1.165) is 4.57 Å². The Kier molecular flexibility index (Phi) is 3.60. The fraction of sp³-hybridized carbons (Fsp3) is 0.800. The second-order valence-electron chi connectivity index (χ2n) is 4.40. The minimum Gasteiger partial charge on any atom is -0.307 e.